The highest BCUT2D eigenvalue weighted by atomic mass is 28.2. The number of hydrogen-bond donors (Lipinski definition) is 0. The molecule has 3 rings (SSSR count). The largest absolute Gasteiger partial charge is 0.466 e. The summed E-state index contributed by atoms with van der Waals surface area (Å²) in [5.41, 5.74) is 5.03. The molecule has 0 fully saturated rings. The van der Waals surface area contributed by atoms with Crippen molar-refractivity contribution in [1.82, 2.24) is 0 Å². The van der Waals surface area contributed by atoms with Crippen molar-refractivity contribution >= 4 is 10.5 Å². The summed E-state index contributed by atoms with van der Waals surface area (Å²) >= 11 is 0. The van der Waals surface area contributed by atoms with E-state index in [2.05, 4.69) is 65.1 Å². The predicted octanol–water partition coefficient (Wildman–Crippen LogP) is 4.69. The van der Waals surface area contributed by atoms with Gasteiger partial charge < -0.3 is 9.16 Å². The van der Waals surface area contributed by atoms with Crippen LogP contribution in [0.15, 0.2) is 78.9 Å². The molecule has 0 saturated heterocycles. The molecule has 1 unspecified atom stereocenters. The first-order chi connectivity index (χ1) is 12.3. The van der Waals surface area contributed by atoms with Crippen LogP contribution in [0, 0.1) is 0 Å². The number of ether oxygens (including phenoxy) is 1. The van der Waals surface area contributed by atoms with Gasteiger partial charge in [0, 0.05) is 12.0 Å². The fraction of sp³-hybridized carbons (Fsp3) is 0.182. The van der Waals surface area contributed by atoms with Gasteiger partial charge in [0.05, 0.1) is 0 Å². The Balaban J connectivity index is 1.96. The molecule has 0 bridgehead atoms. The summed E-state index contributed by atoms with van der Waals surface area (Å²) in [6.07, 6.45) is 1.34. The van der Waals surface area contributed by atoms with Gasteiger partial charge in [0.15, 0.2) is 6.29 Å². The lowest BCUT2D eigenvalue weighted by Gasteiger charge is -2.19. The van der Waals surface area contributed by atoms with E-state index in [9.17, 15) is 0 Å². The molecule has 0 aliphatic heterocycles. The lowest BCUT2D eigenvalue weighted by atomic mass is 9.94. The zero-order valence-corrected chi connectivity index (χ0v) is 15.3. The summed E-state index contributed by atoms with van der Waals surface area (Å²) in [6.45, 7) is 1.86. The van der Waals surface area contributed by atoms with Crippen LogP contribution in [0.1, 0.15) is 29.2 Å². The first-order valence-electron chi connectivity index (χ1n) is 8.44. The number of benzene rings is 3. The second kappa shape index (κ2) is 8.65. The highest BCUT2D eigenvalue weighted by Gasteiger charge is 2.13. The summed E-state index contributed by atoms with van der Waals surface area (Å²) in [6, 6.07) is 27.2. The Morgan fingerprint density at radius 2 is 1.36 bits per heavy atom. The smallest absolute Gasteiger partial charge is 0.251 e. The monoisotopic (exact) mass is 345 g/mol. The Hall–Kier alpha value is -2.36. The van der Waals surface area contributed by atoms with E-state index in [1.54, 1.807) is 0 Å². The first kappa shape index (κ1) is 17.5. The third-order valence-corrected chi connectivity index (χ3v) is 4.48. The predicted molar refractivity (Wildman–Crippen MR) is 102 cm³/mol. The van der Waals surface area contributed by atoms with Crippen LogP contribution < -0.4 is 4.74 Å². The normalized spacial score (nSPS) is 11.9. The van der Waals surface area contributed by atoms with Gasteiger partial charge in [0.2, 0.25) is 0 Å². The van der Waals surface area contributed by atoms with Gasteiger partial charge in [-0.2, -0.15) is 0 Å². The van der Waals surface area contributed by atoms with Gasteiger partial charge in [0.25, 0.3) is 10.5 Å². The Labute approximate surface area is 153 Å². The second-order valence-corrected chi connectivity index (χ2v) is 6.26. The van der Waals surface area contributed by atoms with E-state index in [-0.39, 0.29) is 6.29 Å². The third-order valence-electron chi connectivity index (χ3n) is 4.15. The molecule has 2 nitrogen and oxygen atoms in total. The highest BCUT2D eigenvalue weighted by Crippen LogP contribution is 2.28. The molecule has 3 aromatic carbocycles. The summed E-state index contributed by atoms with van der Waals surface area (Å²) in [5.74, 6) is 0.864. The maximum Gasteiger partial charge on any atom is 0.251 e. The molecule has 3 aromatic rings. The Bertz CT molecular complexity index is 788. The summed E-state index contributed by atoms with van der Waals surface area (Å²) < 4.78 is 11.1. The lowest BCUT2D eigenvalue weighted by molar-refractivity contribution is 0.0288. The van der Waals surface area contributed by atoms with Crippen molar-refractivity contribution < 1.29 is 9.16 Å². The average molecular weight is 345 g/mol. The van der Waals surface area contributed by atoms with Crippen molar-refractivity contribution in [1.29, 1.82) is 0 Å². The van der Waals surface area contributed by atoms with E-state index in [1.807, 2.05) is 31.2 Å². The van der Waals surface area contributed by atoms with Crippen LogP contribution in [0.5, 0.6) is 5.75 Å². The van der Waals surface area contributed by atoms with Crippen LogP contribution in [0.2, 0.25) is 0 Å². The lowest BCUT2D eigenvalue weighted by Crippen LogP contribution is -2.16. The molecule has 0 spiro atoms. The van der Waals surface area contributed by atoms with Gasteiger partial charge in [-0.25, -0.2) is 0 Å². The quantitative estimate of drug-likeness (QED) is 0.457. The topological polar surface area (TPSA) is 18.5 Å². The molecule has 0 saturated carbocycles. The van der Waals surface area contributed by atoms with Gasteiger partial charge in [0.1, 0.15) is 5.75 Å². The third kappa shape index (κ3) is 4.81. The Morgan fingerprint density at radius 1 is 0.760 bits per heavy atom. The van der Waals surface area contributed by atoms with Crippen LogP contribution in [0.25, 0.3) is 0 Å². The Kier molecular flexibility index (Phi) is 6.04. The van der Waals surface area contributed by atoms with E-state index in [0.29, 0.717) is 0 Å². The van der Waals surface area contributed by atoms with Crippen molar-refractivity contribution in [3.8, 4) is 5.75 Å². The molecule has 125 valence electrons. The zero-order chi connectivity index (χ0) is 17.5. The highest BCUT2D eigenvalue weighted by molar-refractivity contribution is 5.98. The minimum atomic E-state index is -0.363. The number of hydrogen-bond acceptors (Lipinski definition) is 2. The molecule has 0 heterocycles. The van der Waals surface area contributed by atoms with Crippen LogP contribution in [0.3, 0.4) is 0 Å². The van der Waals surface area contributed by atoms with E-state index in [0.717, 1.165) is 18.6 Å². The fourth-order valence-corrected chi connectivity index (χ4v) is 2.95. The molecule has 0 N–H and O–H groups in total. The number of rotatable bonds is 7. The second-order valence-electron chi connectivity index (χ2n) is 6.02. The minimum Gasteiger partial charge on any atom is -0.466 e. The molecule has 25 heavy (non-hydrogen) atoms. The van der Waals surface area contributed by atoms with Crippen molar-refractivity contribution in [2.45, 2.75) is 26.1 Å². The molecule has 0 aliphatic carbocycles. The van der Waals surface area contributed by atoms with E-state index in [1.165, 1.54) is 22.3 Å². The molecular formula is C22H21O2Si. The van der Waals surface area contributed by atoms with Crippen molar-refractivity contribution in [3.63, 3.8) is 0 Å². The molecular weight excluding hydrogens is 324 g/mol. The molecule has 0 aliphatic rings. The molecule has 0 aromatic heterocycles. The maximum absolute atomic E-state index is 5.97. The summed E-state index contributed by atoms with van der Waals surface area (Å²) in [5, 5.41) is 0. The minimum absolute atomic E-state index is 0.363. The first-order valence-corrected chi connectivity index (χ1v) is 8.84. The fourth-order valence-electron chi connectivity index (χ4n) is 2.91. The van der Waals surface area contributed by atoms with Gasteiger partial charge in [-0.3, -0.25) is 0 Å². The van der Waals surface area contributed by atoms with Gasteiger partial charge in [-0.05, 0) is 36.1 Å². The SMILES string of the molecule is CC(O[Si])Oc1cccc(Cc2ccccc2)c1Cc1ccccc1. The standard InChI is InChI=1S/C22H21O2Si/c1-17(24-25)23-22-14-8-13-20(15-18-9-4-2-5-10-18)21(22)16-19-11-6-3-7-12-19/h2-14,17H,15-16H2,1H3. The van der Waals surface area contributed by atoms with Gasteiger partial charge in [-0.1, -0.05) is 72.8 Å². The summed E-state index contributed by atoms with van der Waals surface area (Å²) in [7, 11) is 3.06. The summed E-state index contributed by atoms with van der Waals surface area (Å²) in [4.78, 5) is 0. The zero-order valence-electron chi connectivity index (χ0n) is 14.3. The van der Waals surface area contributed by atoms with Crippen molar-refractivity contribution in [2.24, 2.45) is 0 Å². The van der Waals surface area contributed by atoms with Crippen molar-refractivity contribution in [2.75, 3.05) is 0 Å². The average Bonchev–Trinajstić information content (AvgIpc) is 2.66. The van der Waals surface area contributed by atoms with Crippen LogP contribution >= 0.6 is 0 Å². The van der Waals surface area contributed by atoms with Gasteiger partial charge >= 0.3 is 0 Å². The van der Waals surface area contributed by atoms with E-state index < -0.39 is 0 Å². The van der Waals surface area contributed by atoms with Crippen molar-refractivity contribution in [3.05, 3.63) is 101 Å². The molecule has 3 heteroatoms. The Morgan fingerprint density at radius 3 is 1.96 bits per heavy atom. The molecule has 0 amide bonds. The van der Waals surface area contributed by atoms with E-state index >= 15 is 0 Å². The maximum atomic E-state index is 5.97. The van der Waals surface area contributed by atoms with Crippen LogP contribution in [0.4, 0.5) is 0 Å². The molecule has 3 radical (unpaired) electrons. The van der Waals surface area contributed by atoms with Gasteiger partial charge in [-0.15, -0.1) is 0 Å². The van der Waals surface area contributed by atoms with Crippen LogP contribution in [-0.2, 0) is 17.3 Å². The molecule has 1 atom stereocenters. The van der Waals surface area contributed by atoms with Crippen LogP contribution in [-0.4, -0.2) is 16.8 Å². The van der Waals surface area contributed by atoms with E-state index in [4.69, 9.17) is 9.16 Å².